The average Bonchev–Trinajstić information content (AvgIpc) is 2.85. The minimum absolute atomic E-state index is 0.178. The SMILES string of the molecule is CC(C)(C)OC(=O)N1CCN(CC2CCC3(CC2)CCN(C(=O)OCc2ccccc2)CC3)CC1. The van der Waals surface area contributed by atoms with Gasteiger partial charge in [-0.1, -0.05) is 30.3 Å². The summed E-state index contributed by atoms with van der Waals surface area (Å²) in [6.07, 6.45) is 6.89. The molecular formula is C28H43N3O4. The zero-order valence-corrected chi connectivity index (χ0v) is 21.8. The van der Waals surface area contributed by atoms with Crippen molar-refractivity contribution in [2.45, 2.75) is 71.5 Å². The third-order valence-corrected chi connectivity index (χ3v) is 7.99. The van der Waals surface area contributed by atoms with Gasteiger partial charge in [-0.15, -0.1) is 0 Å². The van der Waals surface area contributed by atoms with Crippen LogP contribution in [0.25, 0.3) is 0 Å². The zero-order valence-electron chi connectivity index (χ0n) is 21.8. The minimum Gasteiger partial charge on any atom is -0.445 e. The van der Waals surface area contributed by atoms with Crippen LogP contribution in [-0.2, 0) is 16.1 Å². The van der Waals surface area contributed by atoms with Crippen molar-refractivity contribution < 1.29 is 19.1 Å². The van der Waals surface area contributed by atoms with Gasteiger partial charge in [-0.2, -0.15) is 0 Å². The predicted molar refractivity (Wildman–Crippen MR) is 136 cm³/mol. The fourth-order valence-electron chi connectivity index (χ4n) is 5.75. The van der Waals surface area contributed by atoms with E-state index < -0.39 is 5.60 Å². The van der Waals surface area contributed by atoms with Crippen molar-refractivity contribution in [1.29, 1.82) is 0 Å². The summed E-state index contributed by atoms with van der Waals surface area (Å²) < 4.78 is 11.1. The normalized spacial score (nSPS) is 21.7. The highest BCUT2D eigenvalue weighted by Crippen LogP contribution is 2.46. The molecule has 1 aliphatic carbocycles. The van der Waals surface area contributed by atoms with Crippen molar-refractivity contribution in [3.8, 4) is 0 Å². The van der Waals surface area contributed by atoms with Gasteiger partial charge in [0.05, 0.1) is 0 Å². The molecule has 1 saturated carbocycles. The van der Waals surface area contributed by atoms with Crippen molar-refractivity contribution in [2.75, 3.05) is 45.8 Å². The molecule has 0 radical (unpaired) electrons. The van der Waals surface area contributed by atoms with E-state index in [0.717, 1.165) is 70.1 Å². The van der Waals surface area contributed by atoms with E-state index in [2.05, 4.69) is 4.90 Å². The monoisotopic (exact) mass is 485 g/mol. The van der Waals surface area contributed by atoms with Crippen LogP contribution in [0.2, 0.25) is 0 Å². The van der Waals surface area contributed by atoms with Crippen molar-refractivity contribution in [3.63, 3.8) is 0 Å². The number of hydrogen-bond donors (Lipinski definition) is 0. The lowest BCUT2D eigenvalue weighted by molar-refractivity contribution is 0.00880. The number of benzene rings is 1. The Hall–Kier alpha value is -2.28. The van der Waals surface area contributed by atoms with Gasteiger partial charge in [-0.05, 0) is 76.2 Å². The van der Waals surface area contributed by atoms with E-state index in [1.807, 2.05) is 60.9 Å². The van der Waals surface area contributed by atoms with E-state index in [1.54, 1.807) is 0 Å². The fourth-order valence-corrected chi connectivity index (χ4v) is 5.75. The smallest absolute Gasteiger partial charge is 0.410 e. The van der Waals surface area contributed by atoms with Crippen LogP contribution >= 0.6 is 0 Å². The first-order chi connectivity index (χ1) is 16.7. The molecule has 0 bridgehead atoms. The summed E-state index contributed by atoms with van der Waals surface area (Å²) in [6.45, 7) is 12.2. The van der Waals surface area contributed by atoms with Crippen LogP contribution in [0.3, 0.4) is 0 Å². The van der Waals surface area contributed by atoms with Gasteiger partial charge in [0.25, 0.3) is 0 Å². The molecule has 1 aromatic carbocycles. The number of piperidine rings is 1. The number of nitrogens with zero attached hydrogens (tertiary/aromatic N) is 3. The summed E-state index contributed by atoms with van der Waals surface area (Å²) in [5.41, 5.74) is 0.992. The van der Waals surface area contributed by atoms with Crippen LogP contribution in [0.15, 0.2) is 30.3 Å². The van der Waals surface area contributed by atoms with Crippen LogP contribution in [0.1, 0.15) is 64.9 Å². The number of piperazine rings is 1. The first-order valence-corrected chi connectivity index (χ1v) is 13.4. The molecule has 0 unspecified atom stereocenters. The largest absolute Gasteiger partial charge is 0.445 e. The fraction of sp³-hybridized carbons (Fsp3) is 0.714. The van der Waals surface area contributed by atoms with E-state index in [1.165, 1.54) is 25.7 Å². The first-order valence-electron chi connectivity index (χ1n) is 13.4. The molecule has 3 aliphatic rings. The van der Waals surface area contributed by atoms with Gasteiger partial charge in [0.1, 0.15) is 12.2 Å². The maximum Gasteiger partial charge on any atom is 0.410 e. The average molecular weight is 486 g/mol. The van der Waals surface area contributed by atoms with E-state index in [9.17, 15) is 9.59 Å². The Balaban J connectivity index is 1.13. The highest BCUT2D eigenvalue weighted by molar-refractivity contribution is 5.68. The standard InChI is InChI=1S/C28H43N3O4/c1-27(2,3)35-26(33)31-19-17-29(18-20-31)21-23-9-11-28(12-10-23)13-15-30(16-14-28)25(32)34-22-24-7-5-4-6-8-24/h4-8,23H,9-22H2,1-3H3. The summed E-state index contributed by atoms with van der Waals surface area (Å²) in [6, 6.07) is 9.87. The third kappa shape index (κ3) is 7.35. The van der Waals surface area contributed by atoms with E-state index in [4.69, 9.17) is 9.47 Å². The highest BCUT2D eigenvalue weighted by atomic mass is 16.6. The van der Waals surface area contributed by atoms with Gasteiger partial charge in [0.2, 0.25) is 0 Å². The number of rotatable bonds is 4. The minimum atomic E-state index is -0.440. The second kappa shape index (κ2) is 11.2. The zero-order chi connectivity index (χ0) is 24.9. The summed E-state index contributed by atoms with van der Waals surface area (Å²) in [5.74, 6) is 0.738. The summed E-state index contributed by atoms with van der Waals surface area (Å²) >= 11 is 0. The lowest BCUT2D eigenvalue weighted by atomic mass is 9.65. The van der Waals surface area contributed by atoms with Gasteiger partial charge >= 0.3 is 12.2 Å². The maximum atomic E-state index is 12.5. The Morgan fingerprint density at radius 2 is 1.46 bits per heavy atom. The van der Waals surface area contributed by atoms with E-state index in [0.29, 0.717) is 12.0 Å². The molecule has 0 aromatic heterocycles. The second-order valence-corrected chi connectivity index (χ2v) is 11.7. The molecule has 1 aromatic rings. The van der Waals surface area contributed by atoms with Crippen LogP contribution in [0.4, 0.5) is 9.59 Å². The van der Waals surface area contributed by atoms with Gasteiger partial charge < -0.3 is 19.3 Å². The lowest BCUT2D eigenvalue weighted by Gasteiger charge is -2.46. The molecule has 194 valence electrons. The molecule has 4 rings (SSSR count). The summed E-state index contributed by atoms with van der Waals surface area (Å²) in [5, 5.41) is 0. The molecule has 2 heterocycles. The third-order valence-electron chi connectivity index (χ3n) is 7.99. The molecule has 0 atom stereocenters. The topological polar surface area (TPSA) is 62.3 Å². The Labute approximate surface area is 210 Å². The molecule has 2 aliphatic heterocycles. The molecule has 3 fully saturated rings. The Bertz CT molecular complexity index is 828. The van der Waals surface area contributed by atoms with Crippen molar-refractivity contribution in [1.82, 2.24) is 14.7 Å². The highest BCUT2D eigenvalue weighted by Gasteiger charge is 2.39. The van der Waals surface area contributed by atoms with Crippen LogP contribution in [-0.4, -0.2) is 78.3 Å². The summed E-state index contributed by atoms with van der Waals surface area (Å²) in [7, 11) is 0. The Kier molecular flexibility index (Phi) is 8.25. The molecule has 7 heteroatoms. The first kappa shape index (κ1) is 25.8. The number of amides is 2. The quantitative estimate of drug-likeness (QED) is 0.590. The molecule has 2 amide bonds. The molecule has 0 N–H and O–H groups in total. The second-order valence-electron chi connectivity index (χ2n) is 11.7. The van der Waals surface area contributed by atoms with Crippen LogP contribution < -0.4 is 0 Å². The molecule has 35 heavy (non-hydrogen) atoms. The van der Waals surface area contributed by atoms with Gasteiger partial charge in [0.15, 0.2) is 0 Å². The molecular weight excluding hydrogens is 442 g/mol. The number of likely N-dealkylation sites (tertiary alicyclic amines) is 1. The van der Waals surface area contributed by atoms with Crippen molar-refractivity contribution >= 4 is 12.2 Å². The van der Waals surface area contributed by atoms with Gasteiger partial charge in [-0.25, -0.2) is 9.59 Å². The summed E-state index contributed by atoms with van der Waals surface area (Å²) in [4.78, 5) is 31.1. The van der Waals surface area contributed by atoms with Crippen LogP contribution in [0.5, 0.6) is 0 Å². The number of carbonyl (C=O) groups excluding carboxylic acids is 2. The van der Waals surface area contributed by atoms with Crippen molar-refractivity contribution in [2.24, 2.45) is 11.3 Å². The molecule has 1 spiro atoms. The maximum absolute atomic E-state index is 12.5. The lowest BCUT2D eigenvalue weighted by Crippen LogP contribution is -2.51. The number of carbonyl (C=O) groups is 2. The van der Waals surface area contributed by atoms with Crippen LogP contribution in [0, 0.1) is 11.3 Å². The Morgan fingerprint density at radius 3 is 2.06 bits per heavy atom. The molecule has 7 nitrogen and oxygen atoms in total. The van der Waals surface area contributed by atoms with Crippen molar-refractivity contribution in [3.05, 3.63) is 35.9 Å². The molecule has 2 saturated heterocycles. The Morgan fingerprint density at radius 1 is 0.857 bits per heavy atom. The number of hydrogen-bond acceptors (Lipinski definition) is 5. The predicted octanol–water partition coefficient (Wildman–Crippen LogP) is 5.15. The van der Waals surface area contributed by atoms with Gasteiger partial charge in [0, 0.05) is 45.8 Å². The van der Waals surface area contributed by atoms with E-state index in [-0.39, 0.29) is 12.2 Å². The number of ether oxygens (including phenoxy) is 2. The van der Waals surface area contributed by atoms with E-state index >= 15 is 0 Å². The van der Waals surface area contributed by atoms with Gasteiger partial charge in [-0.3, -0.25) is 4.90 Å².